The predicted molar refractivity (Wildman–Crippen MR) is 110 cm³/mol. The summed E-state index contributed by atoms with van der Waals surface area (Å²) in [6, 6.07) is 7.81. The van der Waals surface area contributed by atoms with Gasteiger partial charge in [0, 0.05) is 0 Å². The van der Waals surface area contributed by atoms with Crippen LogP contribution >= 0.6 is 0 Å². The van der Waals surface area contributed by atoms with E-state index in [1.807, 2.05) is 0 Å². The molecule has 9 nitrogen and oxygen atoms in total. The van der Waals surface area contributed by atoms with E-state index in [0.717, 1.165) is 6.07 Å². The summed E-state index contributed by atoms with van der Waals surface area (Å²) in [5, 5.41) is 9.05. The summed E-state index contributed by atoms with van der Waals surface area (Å²) in [6.07, 6.45) is -0.526. The molecule has 0 spiro atoms. The molecule has 2 heterocycles. The fraction of sp³-hybridized carbons (Fsp3) is 0.286. The predicted octanol–water partition coefficient (Wildman–Crippen LogP) is 4.13. The van der Waals surface area contributed by atoms with Gasteiger partial charge < -0.3 is 23.8 Å². The first-order chi connectivity index (χ1) is 15.1. The number of carbonyl (C=O) groups excluding carboxylic acids is 1. The standard InChI is InChI=1S/C14H17FN2O4.C7H4FNO2/c1-14(2,3)20-13(18)16-6-7-19-12-10-8-9(15)4-5-11(10)21-17-12;8-4-1-2-6-5(3-4)7(10)9-11-6/h4-5,8H,6-7H2,1-3H3,(H,16,18);1-3H,(H,9,10). The number of nitrogens with one attached hydrogen (secondary N) is 2. The van der Waals surface area contributed by atoms with Crippen molar-refractivity contribution in [2.45, 2.75) is 26.4 Å². The number of carbonyl (C=O) groups is 1. The number of alkyl carbamates (subject to hydrolysis) is 1. The first-order valence-electron chi connectivity index (χ1n) is 9.54. The molecule has 0 fully saturated rings. The van der Waals surface area contributed by atoms with Gasteiger partial charge in [0.05, 0.1) is 17.3 Å². The molecule has 11 heteroatoms. The van der Waals surface area contributed by atoms with E-state index in [2.05, 4.69) is 15.6 Å². The van der Waals surface area contributed by atoms with Gasteiger partial charge >= 0.3 is 6.09 Å². The molecule has 0 saturated heterocycles. The number of hydrogen-bond donors (Lipinski definition) is 2. The van der Waals surface area contributed by atoms with Crippen LogP contribution in [0.15, 0.2) is 50.2 Å². The molecule has 0 radical (unpaired) electrons. The van der Waals surface area contributed by atoms with Crippen molar-refractivity contribution in [3.8, 4) is 5.88 Å². The molecule has 0 aliphatic rings. The van der Waals surface area contributed by atoms with Crippen LogP contribution in [0.4, 0.5) is 13.6 Å². The third-order valence-electron chi connectivity index (χ3n) is 3.85. The number of nitrogens with zero attached hydrogens (tertiary/aromatic N) is 1. The molecule has 0 atom stereocenters. The lowest BCUT2D eigenvalue weighted by Gasteiger charge is -2.19. The average Bonchev–Trinajstić information content (AvgIpc) is 3.28. The SMILES string of the molecule is CC(C)(C)OC(=O)NCCOc1noc2ccc(F)cc12.O=c1[nH]oc2ccc(F)cc12. The molecule has 32 heavy (non-hydrogen) atoms. The van der Waals surface area contributed by atoms with E-state index in [1.165, 1.54) is 30.3 Å². The van der Waals surface area contributed by atoms with E-state index >= 15 is 0 Å². The van der Waals surface area contributed by atoms with E-state index in [-0.39, 0.29) is 24.4 Å². The van der Waals surface area contributed by atoms with Crippen molar-refractivity contribution in [3.05, 3.63) is 58.4 Å². The summed E-state index contributed by atoms with van der Waals surface area (Å²) < 4.78 is 45.8. The highest BCUT2D eigenvalue weighted by Crippen LogP contribution is 2.25. The van der Waals surface area contributed by atoms with Crippen molar-refractivity contribution in [2.24, 2.45) is 0 Å². The van der Waals surface area contributed by atoms with Gasteiger partial charge in [-0.1, -0.05) is 0 Å². The van der Waals surface area contributed by atoms with Crippen molar-refractivity contribution >= 4 is 28.0 Å². The van der Waals surface area contributed by atoms with Gasteiger partial charge in [-0.05, 0) is 62.3 Å². The van der Waals surface area contributed by atoms with E-state index in [4.69, 9.17) is 18.5 Å². The summed E-state index contributed by atoms with van der Waals surface area (Å²) in [6.45, 7) is 5.73. The summed E-state index contributed by atoms with van der Waals surface area (Å²) >= 11 is 0. The highest BCUT2D eigenvalue weighted by atomic mass is 19.1. The molecule has 4 rings (SSSR count). The number of rotatable bonds is 4. The molecule has 0 aliphatic heterocycles. The average molecular weight is 449 g/mol. The van der Waals surface area contributed by atoms with Gasteiger partial charge in [-0.3, -0.25) is 4.79 Å². The van der Waals surface area contributed by atoms with Crippen molar-refractivity contribution in [2.75, 3.05) is 13.2 Å². The zero-order chi connectivity index (χ0) is 23.3. The molecule has 2 N–H and O–H groups in total. The Balaban J connectivity index is 0.000000219. The zero-order valence-corrected chi connectivity index (χ0v) is 17.5. The van der Waals surface area contributed by atoms with Crippen LogP contribution in [-0.4, -0.2) is 35.2 Å². The molecule has 0 bridgehead atoms. The maximum absolute atomic E-state index is 13.1. The second-order valence-electron chi connectivity index (χ2n) is 7.58. The molecular formula is C21H21F2N3O6. The van der Waals surface area contributed by atoms with Crippen molar-refractivity contribution < 1.29 is 32.1 Å². The number of aromatic amines is 1. The summed E-state index contributed by atoms with van der Waals surface area (Å²) in [4.78, 5) is 22.2. The van der Waals surface area contributed by atoms with Crippen LogP contribution in [0.3, 0.4) is 0 Å². The molecule has 1 amide bonds. The Morgan fingerprint density at radius 3 is 2.44 bits per heavy atom. The van der Waals surface area contributed by atoms with Crippen LogP contribution in [0.5, 0.6) is 5.88 Å². The van der Waals surface area contributed by atoms with E-state index in [1.54, 1.807) is 20.8 Å². The molecule has 170 valence electrons. The van der Waals surface area contributed by atoms with Gasteiger partial charge in [0.25, 0.3) is 11.4 Å². The lowest BCUT2D eigenvalue weighted by Crippen LogP contribution is -2.34. The quantitative estimate of drug-likeness (QED) is 0.450. The third-order valence-corrected chi connectivity index (χ3v) is 3.85. The number of aromatic nitrogens is 2. The van der Waals surface area contributed by atoms with Crippen LogP contribution in [0.2, 0.25) is 0 Å². The molecule has 2 aromatic heterocycles. The molecule has 2 aromatic carbocycles. The van der Waals surface area contributed by atoms with Crippen LogP contribution in [0.25, 0.3) is 21.9 Å². The number of benzene rings is 2. The van der Waals surface area contributed by atoms with Crippen LogP contribution < -0.4 is 15.6 Å². The fourth-order valence-corrected chi connectivity index (χ4v) is 2.53. The lowest BCUT2D eigenvalue weighted by atomic mass is 10.2. The summed E-state index contributed by atoms with van der Waals surface area (Å²) in [5.41, 5.74) is -0.146. The minimum absolute atomic E-state index is 0.164. The fourth-order valence-electron chi connectivity index (χ4n) is 2.53. The molecule has 0 saturated carbocycles. The van der Waals surface area contributed by atoms with Gasteiger partial charge in [0.1, 0.15) is 23.8 Å². The maximum atomic E-state index is 13.1. The van der Waals surface area contributed by atoms with E-state index in [0.29, 0.717) is 16.6 Å². The minimum Gasteiger partial charge on any atom is -0.473 e. The van der Waals surface area contributed by atoms with Gasteiger partial charge in [-0.2, -0.15) is 5.16 Å². The normalized spacial score (nSPS) is 11.2. The minimum atomic E-state index is -0.551. The molecule has 4 aromatic rings. The topological polar surface area (TPSA) is 120 Å². The summed E-state index contributed by atoms with van der Waals surface area (Å²) in [7, 11) is 0. The third kappa shape index (κ3) is 6.06. The van der Waals surface area contributed by atoms with Gasteiger partial charge in [-0.15, -0.1) is 0 Å². The number of fused-ring (bicyclic) bond motifs is 2. The molecule has 0 aliphatic carbocycles. The first kappa shape index (κ1) is 22.8. The number of ether oxygens (including phenoxy) is 2. The van der Waals surface area contributed by atoms with Gasteiger partial charge in [0.15, 0.2) is 11.2 Å². The van der Waals surface area contributed by atoms with Crippen molar-refractivity contribution in [1.29, 1.82) is 0 Å². The van der Waals surface area contributed by atoms with Gasteiger partial charge in [-0.25, -0.2) is 13.6 Å². The Labute approximate surface area is 180 Å². The van der Waals surface area contributed by atoms with Crippen LogP contribution in [0, 0.1) is 11.6 Å². The summed E-state index contributed by atoms with van der Waals surface area (Å²) in [5.74, 6) is -0.651. The van der Waals surface area contributed by atoms with Crippen molar-refractivity contribution in [1.82, 2.24) is 15.6 Å². The van der Waals surface area contributed by atoms with Crippen LogP contribution in [-0.2, 0) is 4.74 Å². The Morgan fingerprint density at radius 1 is 1.09 bits per heavy atom. The molecule has 0 unspecified atom stereocenters. The highest BCUT2D eigenvalue weighted by molar-refractivity contribution is 5.82. The molecular weight excluding hydrogens is 428 g/mol. The first-order valence-corrected chi connectivity index (χ1v) is 9.54. The number of halogens is 2. The Morgan fingerprint density at radius 2 is 1.75 bits per heavy atom. The Bertz CT molecular complexity index is 1270. The lowest BCUT2D eigenvalue weighted by molar-refractivity contribution is 0.0519. The second kappa shape index (κ2) is 9.50. The second-order valence-corrected chi connectivity index (χ2v) is 7.58. The number of hydrogen-bond acceptors (Lipinski definition) is 7. The Kier molecular flexibility index (Phi) is 6.76. The number of H-pyrrole nitrogens is 1. The zero-order valence-electron chi connectivity index (χ0n) is 17.5. The van der Waals surface area contributed by atoms with E-state index in [9.17, 15) is 18.4 Å². The Hall–Kier alpha value is -3.89. The van der Waals surface area contributed by atoms with Crippen molar-refractivity contribution in [3.63, 3.8) is 0 Å². The highest BCUT2D eigenvalue weighted by Gasteiger charge is 2.16. The monoisotopic (exact) mass is 449 g/mol. The largest absolute Gasteiger partial charge is 0.473 e. The number of amides is 1. The van der Waals surface area contributed by atoms with E-state index < -0.39 is 28.9 Å². The van der Waals surface area contributed by atoms with Crippen LogP contribution in [0.1, 0.15) is 20.8 Å². The maximum Gasteiger partial charge on any atom is 0.407 e. The van der Waals surface area contributed by atoms with Gasteiger partial charge in [0.2, 0.25) is 0 Å². The smallest absolute Gasteiger partial charge is 0.407 e.